The lowest BCUT2D eigenvalue weighted by molar-refractivity contribution is -0.130. The Labute approximate surface area is 148 Å². The molecule has 4 nitrogen and oxygen atoms in total. The van der Waals surface area contributed by atoms with Gasteiger partial charge in [-0.2, -0.15) is 5.26 Å². The summed E-state index contributed by atoms with van der Waals surface area (Å²) in [6.07, 6.45) is 6.07. The standard InChI is InChI=1S/C21H23N3O/c1-20(2)17-10-9-14-13-24(16-7-5-4-6-8-16)23-18(14)21(17,3)11-15(12-22)19(20)25/h4-8,11,13,17-18,23H,9-10H2,1-3H3. The number of rotatable bonds is 1. The molecule has 0 amide bonds. The van der Waals surface area contributed by atoms with Crippen molar-refractivity contribution in [3.05, 3.63) is 53.8 Å². The molecule has 0 bridgehead atoms. The molecule has 3 atom stereocenters. The quantitative estimate of drug-likeness (QED) is 0.850. The molecule has 0 spiro atoms. The number of nitrogens with one attached hydrogen (secondary N) is 1. The molecule has 1 aliphatic heterocycles. The van der Waals surface area contributed by atoms with Crippen LogP contribution in [-0.2, 0) is 4.79 Å². The Morgan fingerprint density at radius 2 is 1.96 bits per heavy atom. The maximum absolute atomic E-state index is 12.7. The number of anilines is 1. The van der Waals surface area contributed by atoms with Gasteiger partial charge in [0.05, 0.1) is 17.3 Å². The molecule has 1 aromatic carbocycles. The highest BCUT2D eigenvalue weighted by molar-refractivity contribution is 6.04. The topological polar surface area (TPSA) is 56.1 Å². The van der Waals surface area contributed by atoms with Crippen molar-refractivity contribution < 1.29 is 4.79 Å². The van der Waals surface area contributed by atoms with Gasteiger partial charge >= 0.3 is 0 Å². The van der Waals surface area contributed by atoms with Crippen LogP contribution in [0.2, 0.25) is 0 Å². The monoisotopic (exact) mass is 333 g/mol. The fraction of sp³-hybridized carbons (Fsp3) is 0.429. The second-order valence-corrected chi connectivity index (χ2v) is 8.15. The average Bonchev–Trinajstić information content (AvgIpc) is 3.05. The molecule has 2 aliphatic carbocycles. The highest BCUT2D eigenvalue weighted by Gasteiger charge is 2.57. The van der Waals surface area contributed by atoms with Gasteiger partial charge in [0.15, 0.2) is 5.78 Å². The first-order valence-electron chi connectivity index (χ1n) is 8.87. The number of ketones is 1. The van der Waals surface area contributed by atoms with E-state index in [2.05, 4.69) is 41.8 Å². The molecule has 0 radical (unpaired) electrons. The molecule has 1 N–H and O–H groups in total. The number of fused-ring (bicyclic) bond motifs is 3. The third kappa shape index (κ3) is 2.19. The van der Waals surface area contributed by atoms with Crippen molar-refractivity contribution in [2.24, 2.45) is 16.7 Å². The maximum atomic E-state index is 12.7. The van der Waals surface area contributed by atoms with E-state index < -0.39 is 5.41 Å². The Kier molecular flexibility index (Phi) is 3.42. The predicted octanol–water partition coefficient (Wildman–Crippen LogP) is 3.74. The summed E-state index contributed by atoms with van der Waals surface area (Å²) >= 11 is 0. The molecule has 1 heterocycles. The Morgan fingerprint density at radius 3 is 2.64 bits per heavy atom. The summed E-state index contributed by atoms with van der Waals surface area (Å²) in [6.45, 7) is 6.20. The molecular formula is C21H23N3O. The predicted molar refractivity (Wildman–Crippen MR) is 97.2 cm³/mol. The molecule has 0 saturated heterocycles. The van der Waals surface area contributed by atoms with Gasteiger partial charge in [-0.05, 0) is 36.5 Å². The van der Waals surface area contributed by atoms with Crippen molar-refractivity contribution in [3.8, 4) is 6.07 Å². The van der Waals surface area contributed by atoms with Crippen molar-refractivity contribution in [2.75, 3.05) is 5.01 Å². The third-order valence-corrected chi connectivity index (χ3v) is 6.34. The van der Waals surface area contributed by atoms with E-state index in [4.69, 9.17) is 0 Å². The van der Waals surface area contributed by atoms with Crippen LogP contribution in [0.3, 0.4) is 0 Å². The molecular weight excluding hydrogens is 310 g/mol. The molecule has 4 rings (SSSR count). The van der Waals surface area contributed by atoms with Gasteiger partial charge in [0.1, 0.15) is 6.07 Å². The lowest BCUT2D eigenvalue weighted by atomic mass is 9.50. The number of carbonyl (C=O) groups is 1. The van der Waals surface area contributed by atoms with Crippen molar-refractivity contribution in [1.29, 1.82) is 5.26 Å². The Hall–Kier alpha value is -2.38. The minimum atomic E-state index is -0.512. The van der Waals surface area contributed by atoms with Crippen LogP contribution in [0.15, 0.2) is 53.8 Å². The fourth-order valence-corrected chi connectivity index (χ4v) is 5.10. The van der Waals surface area contributed by atoms with Crippen LogP contribution >= 0.6 is 0 Å². The van der Waals surface area contributed by atoms with Gasteiger partial charge in [0.2, 0.25) is 0 Å². The van der Waals surface area contributed by atoms with Crippen LogP contribution in [0.1, 0.15) is 33.6 Å². The first kappa shape index (κ1) is 16.1. The van der Waals surface area contributed by atoms with E-state index >= 15 is 0 Å². The van der Waals surface area contributed by atoms with Crippen LogP contribution < -0.4 is 10.4 Å². The number of hydrogen-bond donors (Lipinski definition) is 1. The first-order chi connectivity index (χ1) is 11.9. The number of Topliss-reactive ketones (excluding diaryl/α,β-unsaturated/α-hetero) is 1. The highest BCUT2D eigenvalue weighted by atomic mass is 16.1. The summed E-state index contributed by atoms with van der Waals surface area (Å²) in [5, 5.41) is 11.6. The number of nitrogens with zero attached hydrogens (tertiary/aromatic N) is 2. The number of para-hydroxylation sites is 1. The normalized spacial score (nSPS) is 33.0. The molecule has 25 heavy (non-hydrogen) atoms. The molecule has 4 heteroatoms. The first-order valence-corrected chi connectivity index (χ1v) is 8.87. The van der Waals surface area contributed by atoms with E-state index in [0.717, 1.165) is 18.5 Å². The summed E-state index contributed by atoms with van der Waals surface area (Å²) in [6, 6.07) is 12.5. The second-order valence-electron chi connectivity index (χ2n) is 8.15. The van der Waals surface area contributed by atoms with Gasteiger partial charge in [-0.1, -0.05) is 45.0 Å². The van der Waals surface area contributed by atoms with Crippen LogP contribution in [-0.4, -0.2) is 11.8 Å². The number of benzene rings is 1. The van der Waals surface area contributed by atoms with Crippen LogP contribution in [0.25, 0.3) is 0 Å². The zero-order valence-corrected chi connectivity index (χ0v) is 14.9. The lowest BCUT2D eigenvalue weighted by Crippen LogP contribution is -2.58. The Bertz CT molecular complexity index is 830. The highest BCUT2D eigenvalue weighted by Crippen LogP contribution is 2.57. The van der Waals surface area contributed by atoms with Gasteiger partial charge in [0.25, 0.3) is 0 Å². The van der Waals surface area contributed by atoms with E-state index in [9.17, 15) is 10.1 Å². The van der Waals surface area contributed by atoms with Gasteiger partial charge in [0, 0.05) is 17.0 Å². The molecule has 128 valence electrons. The maximum Gasteiger partial charge on any atom is 0.178 e. The van der Waals surface area contributed by atoms with Crippen molar-refractivity contribution in [2.45, 2.75) is 39.7 Å². The number of allylic oxidation sites excluding steroid dienone is 1. The zero-order valence-electron chi connectivity index (χ0n) is 14.9. The minimum absolute atomic E-state index is 0.0113. The van der Waals surface area contributed by atoms with Gasteiger partial charge < -0.3 is 0 Å². The summed E-state index contributed by atoms with van der Waals surface area (Å²) in [5.74, 6) is 0.206. The SMILES string of the molecule is CC1(C)C(=O)C(C#N)=CC2(C)C3NN(c4ccccc4)C=C3CCC12. The third-order valence-electron chi connectivity index (χ3n) is 6.34. The summed E-state index contributed by atoms with van der Waals surface area (Å²) in [5.41, 5.74) is 5.61. The summed E-state index contributed by atoms with van der Waals surface area (Å²) < 4.78 is 0. The number of hydrazine groups is 1. The van der Waals surface area contributed by atoms with E-state index in [1.807, 2.05) is 38.1 Å². The largest absolute Gasteiger partial charge is 0.293 e. The number of carbonyl (C=O) groups excluding carboxylic acids is 1. The van der Waals surface area contributed by atoms with E-state index in [0.29, 0.717) is 5.57 Å². The lowest BCUT2D eigenvalue weighted by Gasteiger charge is -2.53. The summed E-state index contributed by atoms with van der Waals surface area (Å²) in [4.78, 5) is 12.7. The van der Waals surface area contributed by atoms with Gasteiger partial charge in [-0.25, -0.2) is 5.43 Å². The molecule has 3 aliphatic rings. The summed E-state index contributed by atoms with van der Waals surface area (Å²) in [7, 11) is 0. The second kappa shape index (κ2) is 5.31. The van der Waals surface area contributed by atoms with Crippen LogP contribution in [0, 0.1) is 28.1 Å². The fourth-order valence-electron chi connectivity index (χ4n) is 5.10. The molecule has 1 fully saturated rings. The number of hydrogen-bond acceptors (Lipinski definition) is 4. The average molecular weight is 333 g/mol. The van der Waals surface area contributed by atoms with Gasteiger partial charge in [-0.15, -0.1) is 0 Å². The molecule has 1 aromatic rings. The van der Waals surface area contributed by atoms with Crippen molar-refractivity contribution in [3.63, 3.8) is 0 Å². The van der Waals surface area contributed by atoms with E-state index in [1.165, 1.54) is 5.57 Å². The Morgan fingerprint density at radius 1 is 1.24 bits per heavy atom. The molecule has 1 saturated carbocycles. The number of nitriles is 1. The van der Waals surface area contributed by atoms with E-state index in [1.54, 1.807) is 0 Å². The van der Waals surface area contributed by atoms with Crippen molar-refractivity contribution in [1.82, 2.24) is 5.43 Å². The molecule has 3 unspecified atom stereocenters. The van der Waals surface area contributed by atoms with Crippen molar-refractivity contribution >= 4 is 11.5 Å². The van der Waals surface area contributed by atoms with Crippen LogP contribution in [0.5, 0.6) is 0 Å². The zero-order chi connectivity index (χ0) is 17.8. The van der Waals surface area contributed by atoms with E-state index in [-0.39, 0.29) is 23.2 Å². The molecule has 0 aromatic heterocycles. The van der Waals surface area contributed by atoms with Gasteiger partial charge in [-0.3, -0.25) is 9.80 Å². The van der Waals surface area contributed by atoms with Crippen LogP contribution in [0.4, 0.5) is 5.69 Å². The smallest absolute Gasteiger partial charge is 0.178 e. The minimum Gasteiger partial charge on any atom is -0.293 e. The Balaban J connectivity index is 1.76.